The van der Waals surface area contributed by atoms with E-state index >= 15 is 0 Å². The minimum absolute atomic E-state index is 0.00131. The van der Waals surface area contributed by atoms with Crippen LogP contribution in [0.1, 0.15) is 29.7 Å². The second-order valence-electron chi connectivity index (χ2n) is 9.85. The summed E-state index contributed by atoms with van der Waals surface area (Å²) < 4.78 is 61.6. The zero-order chi connectivity index (χ0) is 34.0. The number of benzene rings is 3. The lowest BCUT2D eigenvalue weighted by Crippen LogP contribution is -2.41. The number of alkyl halides is 3. The number of nitro groups is 1. The number of hydrogen-bond acceptors (Lipinski definition) is 9. The second-order valence-corrected chi connectivity index (χ2v) is 12.5. The van der Waals surface area contributed by atoms with Crippen molar-refractivity contribution in [2.45, 2.75) is 25.7 Å². The number of rotatable bonds is 9. The Labute approximate surface area is 286 Å². The molecule has 0 bridgehead atoms. The van der Waals surface area contributed by atoms with Gasteiger partial charge in [-0.15, -0.1) is 0 Å². The van der Waals surface area contributed by atoms with E-state index in [1.54, 1.807) is 12.1 Å². The molecule has 10 nitrogen and oxygen atoms in total. The van der Waals surface area contributed by atoms with Gasteiger partial charge in [0, 0.05) is 26.3 Å². The highest BCUT2D eigenvalue weighted by Crippen LogP contribution is 2.39. The third-order valence-corrected chi connectivity index (χ3v) is 8.72. The van der Waals surface area contributed by atoms with Crippen LogP contribution in [0, 0.1) is 13.7 Å². The Hall–Kier alpha value is -4.22. The summed E-state index contributed by atoms with van der Waals surface area (Å²) in [7, 11) is 1.42. The van der Waals surface area contributed by atoms with Crippen LogP contribution in [0.5, 0.6) is 11.5 Å². The lowest BCUT2D eigenvalue weighted by atomic mass is 9.95. The number of methoxy groups -OCH3 is 1. The molecule has 1 aliphatic rings. The number of non-ortho nitro benzene ring substituents is 1. The highest BCUT2D eigenvalue weighted by molar-refractivity contribution is 14.1. The molecule has 0 saturated carbocycles. The van der Waals surface area contributed by atoms with Crippen molar-refractivity contribution in [2.24, 2.45) is 4.99 Å². The van der Waals surface area contributed by atoms with Gasteiger partial charge in [0.15, 0.2) is 22.0 Å². The van der Waals surface area contributed by atoms with E-state index in [-0.39, 0.29) is 39.5 Å². The number of nitro benzene ring substituents is 1. The SMILES string of the molecule is CCOC(=O)C1=C(C(F)(F)F)N=c2s/c(=C\c3cc(I)cc(OC)c3OCc3ccc([N+](=O)[O-])cc3)c(=O)n2[C@@H]1c1ccc(Cl)cc1. The average Bonchev–Trinajstić information content (AvgIpc) is 3.34. The van der Waals surface area contributed by atoms with Crippen molar-refractivity contribution < 1.29 is 37.1 Å². The molecule has 0 amide bonds. The molecule has 47 heavy (non-hydrogen) atoms. The van der Waals surface area contributed by atoms with E-state index in [0.717, 1.165) is 4.57 Å². The monoisotopic (exact) mass is 799 g/mol. The first-order chi connectivity index (χ1) is 22.3. The van der Waals surface area contributed by atoms with Gasteiger partial charge in [0.25, 0.3) is 11.2 Å². The zero-order valence-electron chi connectivity index (χ0n) is 24.3. The summed E-state index contributed by atoms with van der Waals surface area (Å²) in [4.78, 5) is 41.1. The molecule has 5 rings (SSSR count). The molecule has 1 aliphatic heterocycles. The number of thiazole rings is 1. The van der Waals surface area contributed by atoms with Crippen molar-refractivity contribution >= 4 is 63.3 Å². The van der Waals surface area contributed by atoms with Crippen LogP contribution in [0.15, 0.2) is 81.7 Å². The molecule has 0 aliphatic carbocycles. The van der Waals surface area contributed by atoms with E-state index in [2.05, 4.69) is 4.99 Å². The molecular formula is C31H22ClF3IN3O7S. The van der Waals surface area contributed by atoms with E-state index in [1.165, 1.54) is 68.6 Å². The van der Waals surface area contributed by atoms with Crippen LogP contribution in [0.3, 0.4) is 0 Å². The Bertz CT molecular complexity index is 2080. The van der Waals surface area contributed by atoms with E-state index in [0.29, 0.717) is 36.8 Å². The Morgan fingerprint density at radius 1 is 1.17 bits per heavy atom. The molecule has 0 radical (unpaired) electrons. The number of halogens is 5. The molecule has 2 heterocycles. The molecule has 244 valence electrons. The maximum Gasteiger partial charge on any atom is 0.434 e. The van der Waals surface area contributed by atoms with Gasteiger partial charge in [0.2, 0.25) is 0 Å². The van der Waals surface area contributed by atoms with E-state index in [4.69, 9.17) is 25.8 Å². The summed E-state index contributed by atoms with van der Waals surface area (Å²) >= 11 is 8.78. The molecule has 0 unspecified atom stereocenters. The van der Waals surface area contributed by atoms with Gasteiger partial charge in [-0.25, -0.2) is 9.79 Å². The predicted molar refractivity (Wildman–Crippen MR) is 175 cm³/mol. The topological polar surface area (TPSA) is 122 Å². The number of fused-ring (bicyclic) bond motifs is 1. The normalized spacial score (nSPS) is 14.8. The van der Waals surface area contributed by atoms with Gasteiger partial charge in [-0.05, 0) is 83.1 Å². The molecule has 4 aromatic rings. The van der Waals surface area contributed by atoms with Gasteiger partial charge in [-0.1, -0.05) is 35.1 Å². The molecule has 16 heteroatoms. The number of carbonyl (C=O) groups is 1. The Morgan fingerprint density at radius 2 is 1.85 bits per heavy atom. The first-order valence-electron chi connectivity index (χ1n) is 13.6. The number of hydrogen-bond donors (Lipinski definition) is 0. The standard InChI is InChI=1S/C31H22ClF3IN3O7S/c1-3-45-29(41)24-25(17-6-8-19(32)9-7-17)38-28(40)23(47-30(38)37-27(24)31(33,34)35)13-18-12-20(36)14-22(44-2)26(18)46-15-16-4-10-21(11-5-16)39(42)43/h4-14,25H,3,15H2,1-2H3/b23-13-/t25-/m1/s1. The quantitative estimate of drug-likeness (QED) is 0.0870. The Kier molecular flexibility index (Phi) is 10.1. The summed E-state index contributed by atoms with van der Waals surface area (Å²) in [6, 6.07) is 13.3. The van der Waals surface area contributed by atoms with Crippen LogP contribution in [0.2, 0.25) is 5.02 Å². The number of carbonyl (C=O) groups excluding carboxylic acids is 1. The fraction of sp³-hybridized carbons (Fsp3) is 0.194. The first-order valence-corrected chi connectivity index (χ1v) is 15.9. The number of aromatic nitrogens is 1. The van der Waals surface area contributed by atoms with E-state index in [9.17, 15) is 32.9 Å². The van der Waals surface area contributed by atoms with Gasteiger partial charge in [-0.3, -0.25) is 19.5 Å². The van der Waals surface area contributed by atoms with Crippen molar-refractivity contribution in [3.8, 4) is 11.5 Å². The summed E-state index contributed by atoms with van der Waals surface area (Å²) in [5.41, 5.74) is -1.94. The average molecular weight is 800 g/mol. The van der Waals surface area contributed by atoms with Crippen LogP contribution in [0.4, 0.5) is 18.9 Å². The van der Waals surface area contributed by atoms with Crippen molar-refractivity contribution in [1.29, 1.82) is 0 Å². The van der Waals surface area contributed by atoms with Crippen molar-refractivity contribution in [3.05, 3.63) is 127 Å². The fourth-order valence-corrected chi connectivity index (χ4v) is 6.55. The molecular weight excluding hydrogens is 778 g/mol. The van der Waals surface area contributed by atoms with E-state index in [1.807, 2.05) is 22.6 Å². The minimum atomic E-state index is -5.05. The maximum absolute atomic E-state index is 14.4. The zero-order valence-corrected chi connectivity index (χ0v) is 28.1. The van der Waals surface area contributed by atoms with Crippen LogP contribution in [-0.2, 0) is 16.1 Å². The molecule has 1 atom stereocenters. The Balaban J connectivity index is 1.69. The summed E-state index contributed by atoms with van der Waals surface area (Å²) in [6.07, 6.45) is -3.61. The molecule has 3 aromatic carbocycles. The van der Waals surface area contributed by atoms with Crippen LogP contribution < -0.4 is 24.4 Å². The van der Waals surface area contributed by atoms with Gasteiger partial charge in [0.1, 0.15) is 6.61 Å². The molecule has 0 spiro atoms. The first kappa shape index (κ1) is 34.1. The number of ether oxygens (including phenoxy) is 3. The van der Waals surface area contributed by atoms with Crippen LogP contribution in [0.25, 0.3) is 6.08 Å². The van der Waals surface area contributed by atoms with Gasteiger partial charge in [-0.2, -0.15) is 13.2 Å². The van der Waals surface area contributed by atoms with Gasteiger partial charge >= 0.3 is 12.1 Å². The number of esters is 1. The lowest BCUT2D eigenvalue weighted by Gasteiger charge is -2.26. The number of allylic oxidation sites excluding steroid dienone is 1. The minimum Gasteiger partial charge on any atom is -0.493 e. The summed E-state index contributed by atoms with van der Waals surface area (Å²) in [6.45, 7) is 1.23. The molecule has 0 fully saturated rings. The van der Waals surface area contributed by atoms with Crippen LogP contribution >= 0.6 is 45.5 Å². The number of nitrogens with zero attached hydrogens (tertiary/aromatic N) is 3. The summed E-state index contributed by atoms with van der Waals surface area (Å²) in [5, 5.41) is 11.3. The smallest absolute Gasteiger partial charge is 0.434 e. The van der Waals surface area contributed by atoms with Crippen LogP contribution in [-0.4, -0.2) is 35.4 Å². The van der Waals surface area contributed by atoms with Gasteiger partial charge in [0.05, 0.1) is 34.8 Å². The van der Waals surface area contributed by atoms with Crippen molar-refractivity contribution in [2.75, 3.05) is 13.7 Å². The van der Waals surface area contributed by atoms with Crippen molar-refractivity contribution in [3.63, 3.8) is 0 Å². The molecule has 0 N–H and O–H groups in total. The highest BCUT2D eigenvalue weighted by Gasteiger charge is 2.45. The maximum atomic E-state index is 14.4. The summed E-state index contributed by atoms with van der Waals surface area (Å²) in [5.74, 6) is -0.738. The van der Waals surface area contributed by atoms with Crippen molar-refractivity contribution in [1.82, 2.24) is 4.57 Å². The van der Waals surface area contributed by atoms with E-state index < -0.39 is 39.9 Å². The lowest BCUT2D eigenvalue weighted by molar-refractivity contribution is -0.384. The van der Waals surface area contributed by atoms with Gasteiger partial charge < -0.3 is 14.2 Å². The highest BCUT2D eigenvalue weighted by atomic mass is 127. The predicted octanol–water partition coefficient (Wildman–Crippen LogP) is 6.09. The molecule has 1 aromatic heterocycles. The largest absolute Gasteiger partial charge is 0.493 e. The second kappa shape index (κ2) is 13.9. The Morgan fingerprint density at radius 3 is 2.45 bits per heavy atom. The fourth-order valence-electron chi connectivity index (χ4n) is 4.81. The molecule has 0 saturated heterocycles. The third kappa shape index (κ3) is 7.21. The third-order valence-electron chi connectivity index (χ3n) is 6.87.